The van der Waals surface area contributed by atoms with Gasteiger partial charge in [-0.3, -0.25) is 4.79 Å². The number of rotatable bonds is 5. The summed E-state index contributed by atoms with van der Waals surface area (Å²) in [4.78, 5) is 22.8. The molecule has 0 aromatic heterocycles. The molecule has 0 aliphatic heterocycles. The molecule has 1 rings (SSSR count). The lowest BCUT2D eigenvalue weighted by molar-refractivity contribution is -0.169. The second-order valence-corrected chi connectivity index (χ2v) is 3.61. The van der Waals surface area contributed by atoms with E-state index in [9.17, 15) is 14.7 Å². The SMILES string of the molecule is CCOC(=O)C(O)(Cc1ccccc1)C(N)=O. The molecule has 0 fully saturated rings. The third-order valence-electron chi connectivity index (χ3n) is 2.32. The van der Waals surface area contributed by atoms with Gasteiger partial charge in [-0.25, -0.2) is 4.79 Å². The van der Waals surface area contributed by atoms with Crippen LogP contribution in [0.15, 0.2) is 30.3 Å². The predicted octanol–water partition coefficient (Wildman–Crippen LogP) is 0.00860. The highest BCUT2D eigenvalue weighted by Gasteiger charge is 2.44. The van der Waals surface area contributed by atoms with E-state index in [4.69, 9.17) is 5.73 Å². The van der Waals surface area contributed by atoms with Crippen molar-refractivity contribution < 1.29 is 19.4 Å². The van der Waals surface area contributed by atoms with Crippen molar-refractivity contribution in [3.63, 3.8) is 0 Å². The molecule has 1 aromatic rings. The van der Waals surface area contributed by atoms with Crippen LogP contribution < -0.4 is 5.73 Å². The number of nitrogens with two attached hydrogens (primary N) is 1. The third-order valence-corrected chi connectivity index (χ3v) is 2.32. The van der Waals surface area contributed by atoms with Gasteiger partial charge in [-0.1, -0.05) is 30.3 Å². The van der Waals surface area contributed by atoms with Crippen LogP contribution in [-0.4, -0.2) is 29.2 Å². The van der Waals surface area contributed by atoms with E-state index in [-0.39, 0.29) is 13.0 Å². The van der Waals surface area contributed by atoms with Gasteiger partial charge in [0.15, 0.2) is 0 Å². The number of hydrogen-bond donors (Lipinski definition) is 2. The second-order valence-electron chi connectivity index (χ2n) is 3.61. The molecule has 0 bridgehead atoms. The van der Waals surface area contributed by atoms with Crippen LogP contribution in [0.25, 0.3) is 0 Å². The van der Waals surface area contributed by atoms with Gasteiger partial charge in [0, 0.05) is 6.42 Å². The topological polar surface area (TPSA) is 89.6 Å². The number of carbonyl (C=O) groups is 2. The van der Waals surface area contributed by atoms with Gasteiger partial charge in [0.05, 0.1) is 6.61 Å². The summed E-state index contributed by atoms with van der Waals surface area (Å²) in [6, 6.07) is 8.64. The summed E-state index contributed by atoms with van der Waals surface area (Å²) in [6.07, 6.45) is -0.192. The molecule has 5 heteroatoms. The molecule has 1 unspecified atom stereocenters. The minimum Gasteiger partial charge on any atom is -0.463 e. The highest BCUT2D eigenvalue weighted by molar-refractivity contribution is 6.05. The normalized spacial score (nSPS) is 13.8. The van der Waals surface area contributed by atoms with E-state index in [0.717, 1.165) is 0 Å². The average molecular weight is 237 g/mol. The van der Waals surface area contributed by atoms with Gasteiger partial charge in [0.1, 0.15) is 0 Å². The molecule has 0 aliphatic rings. The summed E-state index contributed by atoms with van der Waals surface area (Å²) in [5.74, 6) is -2.13. The van der Waals surface area contributed by atoms with Crippen LogP contribution in [-0.2, 0) is 20.7 Å². The Labute approximate surface area is 99.2 Å². The number of esters is 1. The van der Waals surface area contributed by atoms with Crippen molar-refractivity contribution in [1.29, 1.82) is 0 Å². The maximum Gasteiger partial charge on any atom is 0.348 e. The van der Waals surface area contributed by atoms with Crippen molar-refractivity contribution in [3.05, 3.63) is 35.9 Å². The fourth-order valence-electron chi connectivity index (χ4n) is 1.40. The van der Waals surface area contributed by atoms with Gasteiger partial charge in [0.25, 0.3) is 5.91 Å². The summed E-state index contributed by atoms with van der Waals surface area (Å²) < 4.78 is 4.65. The molecule has 17 heavy (non-hydrogen) atoms. The lowest BCUT2D eigenvalue weighted by Crippen LogP contribution is -2.53. The average Bonchev–Trinajstić information content (AvgIpc) is 2.30. The molecule has 1 aromatic carbocycles. The van der Waals surface area contributed by atoms with Crippen LogP contribution in [0.1, 0.15) is 12.5 Å². The van der Waals surface area contributed by atoms with E-state index in [1.165, 1.54) is 0 Å². The molecule has 0 saturated carbocycles. The van der Waals surface area contributed by atoms with Gasteiger partial charge in [-0.2, -0.15) is 0 Å². The zero-order valence-electron chi connectivity index (χ0n) is 9.55. The van der Waals surface area contributed by atoms with E-state index in [1.54, 1.807) is 37.3 Å². The Balaban J connectivity index is 2.93. The third kappa shape index (κ3) is 3.04. The van der Waals surface area contributed by atoms with Crippen LogP contribution >= 0.6 is 0 Å². The largest absolute Gasteiger partial charge is 0.463 e. The Morgan fingerprint density at radius 1 is 1.35 bits per heavy atom. The molecule has 3 N–H and O–H groups in total. The molecule has 1 atom stereocenters. The maximum atomic E-state index is 11.5. The molecule has 0 heterocycles. The fourth-order valence-corrected chi connectivity index (χ4v) is 1.40. The highest BCUT2D eigenvalue weighted by atomic mass is 16.5. The lowest BCUT2D eigenvalue weighted by Gasteiger charge is -2.22. The second kappa shape index (κ2) is 5.45. The van der Waals surface area contributed by atoms with Crippen molar-refractivity contribution in [2.45, 2.75) is 18.9 Å². The van der Waals surface area contributed by atoms with Crippen LogP contribution in [0.5, 0.6) is 0 Å². The summed E-state index contributed by atoms with van der Waals surface area (Å²) in [6.45, 7) is 1.66. The van der Waals surface area contributed by atoms with Gasteiger partial charge >= 0.3 is 5.97 Å². The summed E-state index contributed by atoms with van der Waals surface area (Å²) in [5.41, 5.74) is 3.38. The first-order valence-corrected chi connectivity index (χ1v) is 5.24. The molecular formula is C12H15NO4. The first kappa shape index (κ1) is 13.2. The standard InChI is InChI=1S/C12H15NO4/c1-2-17-11(15)12(16,10(13)14)8-9-6-4-3-5-7-9/h3-7,16H,2,8H2,1H3,(H2,13,14). The van der Waals surface area contributed by atoms with Crippen LogP contribution in [0.2, 0.25) is 0 Å². The molecular weight excluding hydrogens is 222 g/mol. The first-order chi connectivity index (χ1) is 8.00. The quantitative estimate of drug-likeness (QED) is 0.557. The predicted molar refractivity (Wildman–Crippen MR) is 60.9 cm³/mol. The summed E-state index contributed by atoms with van der Waals surface area (Å²) in [5, 5.41) is 9.99. The zero-order valence-corrected chi connectivity index (χ0v) is 9.55. The lowest BCUT2D eigenvalue weighted by atomic mass is 9.94. The molecule has 0 radical (unpaired) electrons. The Hall–Kier alpha value is -1.88. The van der Waals surface area contributed by atoms with Gasteiger partial charge < -0.3 is 15.6 Å². The van der Waals surface area contributed by atoms with Crippen molar-refractivity contribution in [2.75, 3.05) is 6.61 Å². The summed E-state index contributed by atoms with van der Waals surface area (Å²) >= 11 is 0. The number of primary amides is 1. The minimum absolute atomic E-state index is 0.0726. The zero-order chi connectivity index (χ0) is 12.9. The minimum atomic E-state index is -2.31. The number of amides is 1. The van der Waals surface area contributed by atoms with Gasteiger partial charge in [-0.05, 0) is 12.5 Å². The van der Waals surface area contributed by atoms with Crippen LogP contribution in [0.4, 0.5) is 0 Å². The fraction of sp³-hybridized carbons (Fsp3) is 0.333. The highest BCUT2D eigenvalue weighted by Crippen LogP contribution is 2.15. The molecule has 0 aliphatic carbocycles. The van der Waals surface area contributed by atoms with Crippen molar-refractivity contribution in [2.24, 2.45) is 5.73 Å². The van der Waals surface area contributed by atoms with E-state index in [1.807, 2.05) is 0 Å². The Bertz CT molecular complexity index is 404. The van der Waals surface area contributed by atoms with E-state index in [0.29, 0.717) is 5.56 Å². The molecule has 0 spiro atoms. The van der Waals surface area contributed by atoms with Gasteiger partial charge in [0.2, 0.25) is 5.60 Å². The number of benzene rings is 1. The Morgan fingerprint density at radius 3 is 2.41 bits per heavy atom. The smallest absolute Gasteiger partial charge is 0.348 e. The van der Waals surface area contributed by atoms with Gasteiger partial charge in [-0.15, -0.1) is 0 Å². The first-order valence-electron chi connectivity index (χ1n) is 5.24. The maximum absolute atomic E-state index is 11.5. The molecule has 5 nitrogen and oxygen atoms in total. The van der Waals surface area contributed by atoms with Crippen LogP contribution in [0, 0.1) is 0 Å². The van der Waals surface area contributed by atoms with E-state index < -0.39 is 17.5 Å². The van der Waals surface area contributed by atoms with E-state index >= 15 is 0 Å². The molecule has 0 saturated heterocycles. The number of aliphatic hydroxyl groups is 1. The van der Waals surface area contributed by atoms with Crippen molar-refractivity contribution in [1.82, 2.24) is 0 Å². The Morgan fingerprint density at radius 2 is 1.94 bits per heavy atom. The van der Waals surface area contributed by atoms with Crippen molar-refractivity contribution >= 4 is 11.9 Å². The monoisotopic (exact) mass is 237 g/mol. The number of hydrogen-bond acceptors (Lipinski definition) is 4. The molecule has 92 valence electrons. The molecule has 1 amide bonds. The van der Waals surface area contributed by atoms with Crippen molar-refractivity contribution in [3.8, 4) is 0 Å². The number of ether oxygens (including phenoxy) is 1. The summed E-state index contributed by atoms with van der Waals surface area (Å²) in [7, 11) is 0. The Kier molecular flexibility index (Phi) is 4.23. The van der Waals surface area contributed by atoms with Crippen LogP contribution in [0.3, 0.4) is 0 Å². The van der Waals surface area contributed by atoms with E-state index in [2.05, 4.69) is 4.74 Å². The number of carbonyl (C=O) groups excluding carboxylic acids is 2.